The smallest absolute Gasteiger partial charge is 0.259 e. The summed E-state index contributed by atoms with van der Waals surface area (Å²) in [5, 5.41) is 3.49. The monoisotopic (exact) mass is 456 g/mol. The van der Waals surface area contributed by atoms with Crippen molar-refractivity contribution in [1.29, 1.82) is 0 Å². The van der Waals surface area contributed by atoms with Gasteiger partial charge in [0.1, 0.15) is 17.0 Å². The average molecular weight is 457 g/mol. The van der Waals surface area contributed by atoms with E-state index in [0.717, 1.165) is 5.56 Å². The van der Waals surface area contributed by atoms with Crippen LogP contribution < -0.4 is 14.8 Å². The lowest BCUT2D eigenvalue weighted by atomic mass is 10.1. The molecular formula is C23H18Cl2N2O4. The summed E-state index contributed by atoms with van der Waals surface area (Å²) in [6, 6.07) is 14.0. The lowest BCUT2D eigenvalue weighted by molar-refractivity contribution is 0.102. The highest BCUT2D eigenvalue weighted by Gasteiger charge is 2.18. The van der Waals surface area contributed by atoms with E-state index in [9.17, 15) is 4.79 Å². The molecule has 6 nitrogen and oxygen atoms in total. The van der Waals surface area contributed by atoms with Crippen LogP contribution in [-0.4, -0.2) is 25.1 Å². The Balaban J connectivity index is 1.68. The number of nitrogens with one attached hydrogen (secondary N) is 1. The third kappa shape index (κ3) is 4.17. The molecule has 1 heterocycles. The van der Waals surface area contributed by atoms with Gasteiger partial charge < -0.3 is 19.2 Å². The molecule has 31 heavy (non-hydrogen) atoms. The van der Waals surface area contributed by atoms with Crippen LogP contribution in [0.25, 0.3) is 22.6 Å². The van der Waals surface area contributed by atoms with Crippen LogP contribution >= 0.6 is 23.2 Å². The number of amides is 1. The largest absolute Gasteiger partial charge is 0.497 e. The molecule has 0 aliphatic heterocycles. The van der Waals surface area contributed by atoms with Crippen molar-refractivity contribution in [2.45, 2.75) is 6.92 Å². The number of halogens is 2. The molecule has 4 rings (SSSR count). The number of aryl methyl sites for hydroxylation is 1. The highest BCUT2D eigenvalue weighted by molar-refractivity contribution is 6.36. The summed E-state index contributed by atoms with van der Waals surface area (Å²) in [5.41, 5.74) is 3.73. The number of nitrogens with zero attached hydrogens (tertiary/aromatic N) is 1. The number of carbonyl (C=O) groups is 1. The zero-order valence-corrected chi connectivity index (χ0v) is 18.5. The minimum Gasteiger partial charge on any atom is -0.497 e. The van der Waals surface area contributed by atoms with E-state index < -0.39 is 5.91 Å². The fraction of sp³-hybridized carbons (Fsp3) is 0.130. The number of rotatable bonds is 5. The Bertz CT molecular complexity index is 1300. The number of hydrogen-bond acceptors (Lipinski definition) is 5. The third-order valence-corrected chi connectivity index (χ3v) is 5.28. The standard InChI is InChI=1S/C23H18Cl2N2O4/c1-12-4-5-13(23-27-19-11-15(29-2)6-7-20(19)31-23)8-18(12)26-22(28)16-9-14(24)10-17(25)21(16)30-3/h4-11H,1-3H3,(H,26,28). The van der Waals surface area contributed by atoms with Gasteiger partial charge in [-0.15, -0.1) is 0 Å². The van der Waals surface area contributed by atoms with Crippen molar-refractivity contribution in [2.75, 3.05) is 19.5 Å². The lowest BCUT2D eigenvalue weighted by Crippen LogP contribution is -2.14. The van der Waals surface area contributed by atoms with Gasteiger partial charge in [-0.2, -0.15) is 0 Å². The van der Waals surface area contributed by atoms with Crippen molar-refractivity contribution in [1.82, 2.24) is 4.98 Å². The van der Waals surface area contributed by atoms with E-state index >= 15 is 0 Å². The second-order valence-electron chi connectivity index (χ2n) is 6.80. The minimum atomic E-state index is -0.399. The third-order valence-electron chi connectivity index (χ3n) is 4.78. The molecule has 4 aromatic rings. The molecule has 0 bridgehead atoms. The molecule has 1 amide bonds. The van der Waals surface area contributed by atoms with Crippen LogP contribution in [0.15, 0.2) is 52.9 Å². The number of carbonyl (C=O) groups excluding carboxylic acids is 1. The van der Waals surface area contributed by atoms with Crippen molar-refractivity contribution >= 4 is 45.9 Å². The van der Waals surface area contributed by atoms with Crippen LogP contribution in [0.3, 0.4) is 0 Å². The highest BCUT2D eigenvalue weighted by atomic mass is 35.5. The van der Waals surface area contributed by atoms with Gasteiger partial charge in [-0.3, -0.25) is 4.79 Å². The van der Waals surface area contributed by atoms with Crippen molar-refractivity contribution in [3.05, 3.63) is 69.7 Å². The van der Waals surface area contributed by atoms with Crippen molar-refractivity contribution < 1.29 is 18.7 Å². The number of oxazole rings is 1. The van der Waals surface area contributed by atoms with Crippen molar-refractivity contribution in [2.24, 2.45) is 0 Å². The van der Waals surface area contributed by atoms with Gasteiger partial charge in [-0.25, -0.2) is 4.98 Å². The van der Waals surface area contributed by atoms with Gasteiger partial charge in [0.05, 0.1) is 24.8 Å². The number of hydrogen-bond donors (Lipinski definition) is 1. The quantitative estimate of drug-likeness (QED) is 0.377. The number of ether oxygens (including phenoxy) is 2. The van der Waals surface area contributed by atoms with Crippen LogP contribution in [0.2, 0.25) is 10.0 Å². The molecule has 158 valence electrons. The molecule has 0 aliphatic carbocycles. The molecule has 8 heteroatoms. The second-order valence-corrected chi connectivity index (χ2v) is 7.65. The predicted molar refractivity (Wildman–Crippen MR) is 122 cm³/mol. The predicted octanol–water partition coefficient (Wildman–Crippen LogP) is 6.38. The summed E-state index contributed by atoms with van der Waals surface area (Å²) in [6.45, 7) is 1.89. The Kier molecular flexibility index (Phi) is 5.76. The van der Waals surface area contributed by atoms with E-state index in [1.54, 1.807) is 25.3 Å². The zero-order chi connectivity index (χ0) is 22.1. The van der Waals surface area contributed by atoms with Gasteiger partial charge in [0.25, 0.3) is 5.91 Å². The molecule has 1 aromatic heterocycles. The topological polar surface area (TPSA) is 73.6 Å². The van der Waals surface area contributed by atoms with Gasteiger partial charge >= 0.3 is 0 Å². The first-order valence-electron chi connectivity index (χ1n) is 9.29. The van der Waals surface area contributed by atoms with Gasteiger partial charge in [0, 0.05) is 22.3 Å². The van der Waals surface area contributed by atoms with Crippen LogP contribution in [0.5, 0.6) is 11.5 Å². The van der Waals surface area contributed by atoms with Crippen LogP contribution in [-0.2, 0) is 0 Å². The normalized spacial score (nSPS) is 10.9. The summed E-state index contributed by atoms with van der Waals surface area (Å²) < 4.78 is 16.4. The summed E-state index contributed by atoms with van der Waals surface area (Å²) in [7, 11) is 3.04. The number of benzene rings is 3. The summed E-state index contributed by atoms with van der Waals surface area (Å²) in [6.07, 6.45) is 0. The first-order valence-corrected chi connectivity index (χ1v) is 10.0. The molecule has 0 fully saturated rings. The summed E-state index contributed by atoms with van der Waals surface area (Å²) >= 11 is 12.2. The van der Waals surface area contributed by atoms with E-state index in [4.69, 9.17) is 37.1 Å². The van der Waals surface area contributed by atoms with Gasteiger partial charge in [-0.1, -0.05) is 29.3 Å². The first kappa shape index (κ1) is 21.0. The minimum absolute atomic E-state index is 0.235. The molecule has 0 unspecified atom stereocenters. The number of fused-ring (bicyclic) bond motifs is 1. The second kappa shape index (κ2) is 8.49. The fourth-order valence-electron chi connectivity index (χ4n) is 3.17. The number of aromatic nitrogens is 1. The van der Waals surface area contributed by atoms with E-state index in [1.165, 1.54) is 19.2 Å². The van der Waals surface area contributed by atoms with E-state index in [2.05, 4.69) is 10.3 Å². The number of methoxy groups -OCH3 is 2. The van der Waals surface area contributed by atoms with Crippen molar-refractivity contribution in [3.8, 4) is 23.0 Å². The van der Waals surface area contributed by atoms with E-state index in [0.29, 0.717) is 39.0 Å². The van der Waals surface area contributed by atoms with Crippen LogP contribution in [0.4, 0.5) is 5.69 Å². The average Bonchev–Trinajstić information content (AvgIpc) is 3.18. The highest BCUT2D eigenvalue weighted by Crippen LogP contribution is 2.34. The summed E-state index contributed by atoms with van der Waals surface area (Å²) in [4.78, 5) is 17.5. The molecule has 0 atom stereocenters. The van der Waals surface area contributed by atoms with Crippen LogP contribution in [0.1, 0.15) is 15.9 Å². The Morgan fingerprint density at radius 2 is 1.84 bits per heavy atom. The Labute approximate surface area is 188 Å². The fourth-order valence-corrected chi connectivity index (χ4v) is 3.74. The molecule has 0 aliphatic rings. The zero-order valence-electron chi connectivity index (χ0n) is 17.0. The Morgan fingerprint density at radius 3 is 2.58 bits per heavy atom. The molecule has 0 saturated carbocycles. The SMILES string of the molecule is COc1ccc2oc(-c3ccc(C)c(NC(=O)c4cc(Cl)cc(Cl)c4OC)c3)nc2c1. The molecular weight excluding hydrogens is 439 g/mol. The van der Waals surface area contributed by atoms with Crippen molar-refractivity contribution in [3.63, 3.8) is 0 Å². The first-order chi connectivity index (χ1) is 14.9. The molecule has 0 spiro atoms. The van der Waals surface area contributed by atoms with E-state index in [1.807, 2.05) is 25.1 Å². The lowest BCUT2D eigenvalue weighted by Gasteiger charge is -2.13. The molecule has 0 saturated heterocycles. The maximum absolute atomic E-state index is 12.9. The maximum atomic E-state index is 12.9. The molecule has 1 N–H and O–H groups in total. The molecule has 0 radical (unpaired) electrons. The van der Waals surface area contributed by atoms with E-state index in [-0.39, 0.29) is 16.3 Å². The van der Waals surface area contributed by atoms with Crippen LogP contribution in [0, 0.1) is 6.92 Å². The maximum Gasteiger partial charge on any atom is 0.259 e. The Morgan fingerprint density at radius 1 is 1.03 bits per heavy atom. The Hall–Kier alpha value is -3.22. The van der Waals surface area contributed by atoms with Gasteiger partial charge in [-0.05, 0) is 48.9 Å². The van der Waals surface area contributed by atoms with Gasteiger partial charge in [0.15, 0.2) is 5.58 Å². The van der Waals surface area contributed by atoms with Gasteiger partial charge in [0.2, 0.25) is 5.89 Å². The summed E-state index contributed by atoms with van der Waals surface area (Å²) in [5.74, 6) is 0.981. The number of anilines is 1. The molecule has 3 aromatic carbocycles.